The van der Waals surface area contributed by atoms with Gasteiger partial charge in [-0.05, 0) is 34.9 Å². The summed E-state index contributed by atoms with van der Waals surface area (Å²) in [6.07, 6.45) is -0.811. The van der Waals surface area contributed by atoms with E-state index in [2.05, 4.69) is 0 Å². The molecule has 4 rings (SSSR count). The molecule has 0 bridgehead atoms. The van der Waals surface area contributed by atoms with Crippen LogP contribution in [0.1, 0.15) is 32.0 Å². The Labute approximate surface area is 265 Å². The van der Waals surface area contributed by atoms with E-state index in [4.69, 9.17) is 9.47 Å². The van der Waals surface area contributed by atoms with Crippen LogP contribution in [0.3, 0.4) is 0 Å². The third-order valence-electron chi connectivity index (χ3n) is 6.82. The largest absolute Gasteiger partial charge is 0.477 e. The molecule has 0 aliphatic rings. The lowest BCUT2D eigenvalue weighted by atomic mass is 10.0. The van der Waals surface area contributed by atoms with Crippen molar-refractivity contribution >= 4 is 34.3 Å². The molecule has 0 radical (unpaired) electrons. The molecule has 0 saturated heterocycles. The van der Waals surface area contributed by atoms with Gasteiger partial charge in [0, 0.05) is 44.5 Å². The molecule has 0 aliphatic carbocycles. The Bertz CT molecular complexity index is 1790. The van der Waals surface area contributed by atoms with E-state index in [0.717, 1.165) is 11.8 Å². The highest BCUT2D eigenvalue weighted by Gasteiger charge is 2.27. The summed E-state index contributed by atoms with van der Waals surface area (Å²) in [6, 6.07) is 25.0. The average Bonchev–Trinajstić information content (AvgIpc) is 3.52. The van der Waals surface area contributed by atoms with Gasteiger partial charge >= 0.3 is 28.4 Å². The maximum Gasteiger partial charge on any atom is 0.422 e. The molecule has 0 fully saturated rings. The molecule has 0 saturated carbocycles. The fraction of sp³-hybridized carbons (Fsp3) is 0.188. The molecule has 2 N–H and O–H groups in total. The highest BCUT2D eigenvalue weighted by Crippen LogP contribution is 2.27. The minimum atomic E-state index is -4.68. The zero-order valence-electron chi connectivity index (χ0n) is 25.0. The highest BCUT2D eigenvalue weighted by molar-refractivity contribution is 7.88. The van der Waals surface area contributed by atoms with Crippen molar-refractivity contribution in [1.82, 2.24) is 18.5 Å². The number of carbonyl (C=O) groups is 4. The van der Waals surface area contributed by atoms with Gasteiger partial charge in [0.05, 0.1) is 0 Å². The monoisotopic (exact) mass is 648 g/mol. The molecular weight excluding hydrogens is 616 g/mol. The predicted octanol–water partition coefficient (Wildman–Crippen LogP) is 4.21. The Morgan fingerprint density at radius 3 is 1.87 bits per heavy atom. The summed E-state index contributed by atoms with van der Waals surface area (Å²) >= 11 is 0. The first-order valence-corrected chi connectivity index (χ1v) is 15.4. The van der Waals surface area contributed by atoms with Crippen LogP contribution in [0.15, 0.2) is 97.2 Å². The van der Waals surface area contributed by atoms with E-state index >= 15 is 0 Å². The number of nitrogens with zero attached hydrogens (tertiary/aromatic N) is 3. The topological polar surface area (TPSA) is 165 Å². The van der Waals surface area contributed by atoms with Crippen LogP contribution in [0, 0.1) is 0 Å². The van der Waals surface area contributed by atoms with Crippen LogP contribution in [0.4, 0.5) is 9.59 Å². The zero-order chi connectivity index (χ0) is 33.3. The van der Waals surface area contributed by atoms with Crippen molar-refractivity contribution in [2.75, 3.05) is 27.2 Å². The van der Waals surface area contributed by atoms with Crippen molar-refractivity contribution in [2.24, 2.45) is 0 Å². The molecular formula is C32H32N4O9S. The number of aromatic nitrogens is 1. The first kappa shape index (κ1) is 33.3. The molecule has 0 aliphatic heterocycles. The van der Waals surface area contributed by atoms with Crippen molar-refractivity contribution < 1.29 is 42.2 Å². The third-order valence-corrected chi connectivity index (χ3v) is 8.06. The van der Waals surface area contributed by atoms with Gasteiger partial charge < -0.3 is 24.4 Å². The van der Waals surface area contributed by atoms with Crippen molar-refractivity contribution in [2.45, 2.75) is 13.2 Å². The van der Waals surface area contributed by atoms with Crippen LogP contribution in [0.2, 0.25) is 0 Å². The van der Waals surface area contributed by atoms with Crippen LogP contribution in [0.5, 0.6) is 0 Å². The molecule has 240 valence electrons. The molecule has 1 heterocycles. The number of amides is 3. The summed E-state index contributed by atoms with van der Waals surface area (Å²) in [5.74, 6) is -1.91. The maximum absolute atomic E-state index is 13.0. The number of aromatic carboxylic acids is 1. The molecule has 13 nitrogen and oxygen atoms in total. The molecule has 4 aromatic rings. The van der Waals surface area contributed by atoms with E-state index in [9.17, 15) is 32.7 Å². The summed E-state index contributed by atoms with van der Waals surface area (Å²) < 4.78 is 38.2. The van der Waals surface area contributed by atoms with Gasteiger partial charge in [-0.2, -0.15) is 8.42 Å². The lowest BCUT2D eigenvalue weighted by Gasteiger charge is -2.22. The number of carboxylic acid groups (broad SMARTS) is 1. The summed E-state index contributed by atoms with van der Waals surface area (Å²) in [7, 11) is -1.54. The quantitative estimate of drug-likeness (QED) is 0.229. The van der Waals surface area contributed by atoms with Crippen molar-refractivity contribution in [3.8, 4) is 11.1 Å². The van der Waals surface area contributed by atoms with Gasteiger partial charge in [-0.1, -0.05) is 72.8 Å². The van der Waals surface area contributed by atoms with Crippen LogP contribution < -0.4 is 4.72 Å². The number of likely N-dealkylation sites (N-methyl/N-ethyl adjacent to an activating group) is 2. The van der Waals surface area contributed by atoms with Gasteiger partial charge in [0.2, 0.25) is 0 Å². The molecule has 0 unspecified atom stereocenters. The van der Waals surface area contributed by atoms with Gasteiger partial charge in [-0.15, -0.1) is 0 Å². The predicted molar refractivity (Wildman–Crippen MR) is 167 cm³/mol. The number of hydrogen-bond donors (Lipinski definition) is 2. The molecule has 0 atom stereocenters. The van der Waals surface area contributed by atoms with E-state index in [-0.39, 0.29) is 43.3 Å². The number of rotatable bonds is 12. The minimum absolute atomic E-state index is 0.0403. The fourth-order valence-electron chi connectivity index (χ4n) is 4.30. The van der Waals surface area contributed by atoms with E-state index in [1.165, 1.54) is 40.1 Å². The first-order chi connectivity index (χ1) is 22.0. The van der Waals surface area contributed by atoms with Gasteiger partial charge in [0.25, 0.3) is 5.91 Å². The van der Waals surface area contributed by atoms with Gasteiger partial charge in [-0.3, -0.25) is 4.79 Å². The Hall–Kier alpha value is -5.63. The SMILES string of the molecule is CN(CCN(C)C(=O)c1ccc(-c2ccn(S(=O)(=O)NC(=O)OCc3ccccc3)c2C(=O)O)cc1)C(=O)OCc1ccccc1. The average molecular weight is 649 g/mol. The lowest BCUT2D eigenvalue weighted by Crippen LogP contribution is -2.37. The Morgan fingerprint density at radius 1 is 0.761 bits per heavy atom. The second kappa shape index (κ2) is 14.9. The highest BCUT2D eigenvalue weighted by atomic mass is 32.2. The van der Waals surface area contributed by atoms with Crippen molar-refractivity contribution in [1.29, 1.82) is 0 Å². The normalized spacial score (nSPS) is 10.9. The third kappa shape index (κ3) is 8.51. The summed E-state index contributed by atoms with van der Waals surface area (Å²) in [5, 5.41) is 9.87. The van der Waals surface area contributed by atoms with Crippen molar-refractivity contribution in [3.63, 3.8) is 0 Å². The maximum atomic E-state index is 13.0. The zero-order valence-corrected chi connectivity index (χ0v) is 25.8. The van der Waals surface area contributed by atoms with Crippen LogP contribution >= 0.6 is 0 Å². The number of carbonyl (C=O) groups excluding carboxylic acids is 3. The molecule has 3 aromatic carbocycles. The Kier molecular flexibility index (Phi) is 10.8. The van der Waals surface area contributed by atoms with Gasteiger partial charge in [0.1, 0.15) is 13.2 Å². The smallest absolute Gasteiger partial charge is 0.422 e. The first-order valence-electron chi connectivity index (χ1n) is 13.9. The fourth-order valence-corrected chi connectivity index (χ4v) is 5.31. The van der Waals surface area contributed by atoms with Crippen molar-refractivity contribution in [3.05, 3.63) is 120 Å². The van der Waals surface area contributed by atoms with Gasteiger partial charge in [0.15, 0.2) is 5.69 Å². The number of ether oxygens (including phenoxy) is 2. The Balaban J connectivity index is 1.37. The van der Waals surface area contributed by atoms with E-state index in [0.29, 0.717) is 15.1 Å². The summed E-state index contributed by atoms with van der Waals surface area (Å²) in [4.78, 5) is 52.4. The second-order valence-corrected chi connectivity index (χ2v) is 11.7. The van der Waals surface area contributed by atoms with Crippen LogP contribution in [-0.2, 0) is 32.9 Å². The molecule has 14 heteroatoms. The van der Waals surface area contributed by atoms with Crippen LogP contribution in [-0.4, -0.2) is 78.5 Å². The number of benzene rings is 3. The van der Waals surface area contributed by atoms with Crippen LogP contribution in [0.25, 0.3) is 11.1 Å². The number of nitrogens with one attached hydrogen (secondary N) is 1. The summed E-state index contributed by atoms with van der Waals surface area (Å²) in [5.41, 5.74) is 1.50. The molecule has 46 heavy (non-hydrogen) atoms. The molecule has 3 amide bonds. The lowest BCUT2D eigenvalue weighted by molar-refractivity contribution is 0.0689. The van der Waals surface area contributed by atoms with E-state index < -0.39 is 34.1 Å². The Morgan fingerprint density at radius 2 is 1.30 bits per heavy atom. The standard InChI is InChI=1S/C32H32N4O9S/c1-34(19-20-35(2)32(41)45-22-24-11-7-4-8-12-24)29(37)26-15-13-25(14-16-26)27-17-18-36(28(27)30(38)39)46(42,43)33-31(40)44-21-23-9-5-3-6-10-23/h3-18H,19-22H2,1-2H3,(H,33,40)(H,38,39). The second-order valence-electron chi connectivity index (χ2n) is 10.1. The molecule has 1 aromatic heterocycles. The van der Waals surface area contributed by atoms with E-state index in [1.807, 2.05) is 30.3 Å². The number of carboxylic acids is 1. The number of hydrogen-bond acceptors (Lipinski definition) is 8. The summed E-state index contributed by atoms with van der Waals surface area (Å²) in [6.45, 7) is 0.360. The minimum Gasteiger partial charge on any atom is -0.477 e. The van der Waals surface area contributed by atoms with E-state index in [1.54, 1.807) is 49.1 Å². The van der Waals surface area contributed by atoms with Gasteiger partial charge in [-0.25, -0.2) is 23.1 Å². The molecule has 0 spiro atoms.